The highest BCUT2D eigenvalue weighted by Crippen LogP contribution is 2.24. The van der Waals surface area contributed by atoms with Crippen molar-refractivity contribution >= 4 is 27.6 Å². The van der Waals surface area contributed by atoms with E-state index >= 15 is 0 Å². The first-order chi connectivity index (χ1) is 9.20. The summed E-state index contributed by atoms with van der Waals surface area (Å²) in [5, 5.41) is 18.1. The minimum absolute atomic E-state index is 0.0993. The van der Waals surface area contributed by atoms with E-state index in [0.29, 0.717) is 5.69 Å². The fourth-order valence-corrected chi connectivity index (χ4v) is 1.92. The number of anilines is 1. The summed E-state index contributed by atoms with van der Waals surface area (Å²) in [5.74, 6) is 0. The van der Waals surface area contributed by atoms with Gasteiger partial charge in [0.2, 0.25) is 0 Å². The number of hydrogen-bond acceptors (Lipinski definition) is 3. The van der Waals surface area contributed by atoms with Gasteiger partial charge < -0.3 is 15.7 Å². The van der Waals surface area contributed by atoms with Crippen molar-refractivity contribution in [3.05, 3.63) is 41.1 Å². The number of nitrogens with one attached hydrogen (secondary N) is 2. The van der Waals surface area contributed by atoms with E-state index in [1.807, 2.05) is 12.1 Å². The van der Waals surface area contributed by atoms with Gasteiger partial charge in [-0.25, -0.2) is 9.48 Å². The fraction of sp³-hybridized carbons (Fsp3) is 0.167. The number of aliphatic hydroxyl groups excluding tert-OH is 1. The second-order valence-corrected chi connectivity index (χ2v) is 4.63. The first kappa shape index (κ1) is 13.6. The highest BCUT2D eigenvalue weighted by molar-refractivity contribution is 9.10. The molecule has 0 aliphatic heterocycles. The van der Waals surface area contributed by atoms with Crippen molar-refractivity contribution in [2.75, 3.05) is 18.5 Å². The first-order valence-corrected chi connectivity index (χ1v) is 6.45. The SMILES string of the molecule is O=C(NCCO)Nc1cc(Br)ccc1-n1cccn1. The van der Waals surface area contributed by atoms with Gasteiger partial charge in [0.1, 0.15) is 0 Å². The smallest absolute Gasteiger partial charge is 0.319 e. The molecule has 0 bridgehead atoms. The highest BCUT2D eigenvalue weighted by Gasteiger charge is 2.09. The van der Waals surface area contributed by atoms with Gasteiger partial charge in [-0.3, -0.25) is 0 Å². The zero-order chi connectivity index (χ0) is 13.7. The van der Waals surface area contributed by atoms with Crippen LogP contribution in [0.2, 0.25) is 0 Å². The lowest BCUT2D eigenvalue weighted by molar-refractivity contribution is 0.245. The van der Waals surface area contributed by atoms with E-state index in [-0.39, 0.29) is 19.2 Å². The Bertz CT molecular complexity index is 557. The number of nitrogens with zero attached hydrogens (tertiary/aromatic N) is 2. The minimum atomic E-state index is -0.374. The Morgan fingerprint density at radius 2 is 2.32 bits per heavy atom. The number of hydrogen-bond donors (Lipinski definition) is 3. The van der Waals surface area contributed by atoms with E-state index in [1.165, 1.54) is 0 Å². The third-order valence-electron chi connectivity index (χ3n) is 2.36. The molecule has 100 valence electrons. The van der Waals surface area contributed by atoms with Crippen molar-refractivity contribution in [1.29, 1.82) is 0 Å². The molecule has 0 aliphatic carbocycles. The second kappa shape index (κ2) is 6.35. The molecule has 0 radical (unpaired) electrons. The molecule has 6 nitrogen and oxygen atoms in total. The summed E-state index contributed by atoms with van der Waals surface area (Å²) < 4.78 is 2.51. The maximum absolute atomic E-state index is 11.6. The molecule has 0 atom stereocenters. The average molecular weight is 325 g/mol. The van der Waals surface area contributed by atoms with Crippen LogP contribution in [0, 0.1) is 0 Å². The maximum Gasteiger partial charge on any atom is 0.319 e. The van der Waals surface area contributed by atoms with Crippen LogP contribution < -0.4 is 10.6 Å². The lowest BCUT2D eigenvalue weighted by atomic mass is 10.2. The van der Waals surface area contributed by atoms with E-state index < -0.39 is 0 Å². The number of aromatic nitrogens is 2. The van der Waals surface area contributed by atoms with Crippen molar-refractivity contribution in [3.63, 3.8) is 0 Å². The van der Waals surface area contributed by atoms with Gasteiger partial charge in [-0.1, -0.05) is 15.9 Å². The number of halogens is 1. The van der Waals surface area contributed by atoms with Gasteiger partial charge in [0, 0.05) is 23.4 Å². The zero-order valence-electron chi connectivity index (χ0n) is 10.0. The topological polar surface area (TPSA) is 79.2 Å². The number of carbonyl (C=O) groups is 1. The van der Waals surface area contributed by atoms with Crippen molar-refractivity contribution in [2.24, 2.45) is 0 Å². The third kappa shape index (κ3) is 3.55. The molecule has 19 heavy (non-hydrogen) atoms. The normalized spacial score (nSPS) is 10.2. The Kier molecular flexibility index (Phi) is 4.53. The predicted octanol–water partition coefficient (Wildman–Crippen LogP) is 1.75. The van der Waals surface area contributed by atoms with E-state index in [2.05, 4.69) is 31.7 Å². The van der Waals surface area contributed by atoms with Crippen LogP contribution in [-0.2, 0) is 0 Å². The number of aliphatic hydroxyl groups is 1. The van der Waals surface area contributed by atoms with Crippen molar-refractivity contribution in [3.8, 4) is 5.69 Å². The Labute approximate surface area is 118 Å². The minimum Gasteiger partial charge on any atom is -0.395 e. The number of carbonyl (C=O) groups excluding carboxylic acids is 1. The van der Waals surface area contributed by atoms with E-state index in [9.17, 15) is 4.79 Å². The average Bonchev–Trinajstić information content (AvgIpc) is 2.90. The number of rotatable bonds is 4. The molecule has 2 rings (SSSR count). The highest BCUT2D eigenvalue weighted by atomic mass is 79.9. The summed E-state index contributed by atoms with van der Waals surface area (Å²) in [6.07, 6.45) is 3.46. The Balaban J connectivity index is 2.23. The Hall–Kier alpha value is -1.86. The van der Waals surface area contributed by atoms with Gasteiger partial charge in [0.25, 0.3) is 0 Å². The van der Waals surface area contributed by atoms with Crippen LogP contribution in [0.5, 0.6) is 0 Å². The molecular weight excluding hydrogens is 312 g/mol. The molecule has 2 amide bonds. The van der Waals surface area contributed by atoms with E-state index in [1.54, 1.807) is 29.2 Å². The summed E-state index contributed by atoms with van der Waals surface area (Å²) in [7, 11) is 0. The van der Waals surface area contributed by atoms with Crippen LogP contribution in [-0.4, -0.2) is 34.1 Å². The summed E-state index contributed by atoms with van der Waals surface area (Å²) in [4.78, 5) is 11.6. The summed E-state index contributed by atoms with van der Waals surface area (Å²) >= 11 is 3.36. The van der Waals surface area contributed by atoms with Crippen molar-refractivity contribution in [1.82, 2.24) is 15.1 Å². The molecule has 0 spiro atoms. The van der Waals surface area contributed by atoms with Crippen LogP contribution in [0.1, 0.15) is 0 Å². The van der Waals surface area contributed by atoms with Gasteiger partial charge >= 0.3 is 6.03 Å². The van der Waals surface area contributed by atoms with Crippen LogP contribution in [0.4, 0.5) is 10.5 Å². The monoisotopic (exact) mass is 324 g/mol. The summed E-state index contributed by atoms with van der Waals surface area (Å²) in [6, 6.07) is 6.93. The molecule has 0 fully saturated rings. The van der Waals surface area contributed by atoms with Crippen LogP contribution >= 0.6 is 15.9 Å². The standard InChI is InChI=1S/C12H13BrN4O2/c13-9-2-3-11(17-6-1-4-15-17)10(8-9)16-12(19)14-5-7-18/h1-4,6,8,18H,5,7H2,(H2,14,16,19). The molecule has 1 heterocycles. The molecule has 1 aromatic carbocycles. The number of amides is 2. The second-order valence-electron chi connectivity index (χ2n) is 3.72. The molecule has 2 aromatic rings. The molecule has 0 unspecified atom stereocenters. The number of benzene rings is 1. The van der Waals surface area contributed by atoms with Gasteiger partial charge in [0.05, 0.1) is 18.0 Å². The third-order valence-corrected chi connectivity index (χ3v) is 2.85. The van der Waals surface area contributed by atoms with Crippen LogP contribution in [0.3, 0.4) is 0 Å². The molecular formula is C12H13BrN4O2. The molecule has 7 heteroatoms. The first-order valence-electron chi connectivity index (χ1n) is 5.66. The van der Waals surface area contributed by atoms with E-state index in [4.69, 9.17) is 5.11 Å². The summed E-state index contributed by atoms with van der Waals surface area (Å²) in [5.41, 5.74) is 1.38. The van der Waals surface area contributed by atoms with Gasteiger partial charge in [-0.15, -0.1) is 0 Å². The van der Waals surface area contributed by atoms with Crippen molar-refractivity contribution in [2.45, 2.75) is 0 Å². The number of urea groups is 1. The molecule has 0 saturated heterocycles. The Morgan fingerprint density at radius 3 is 3.00 bits per heavy atom. The van der Waals surface area contributed by atoms with Gasteiger partial charge in [-0.2, -0.15) is 5.10 Å². The zero-order valence-corrected chi connectivity index (χ0v) is 11.6. The quantitative estimate of drug-likeness (QED) is 0.801. The molecule has 1 aromatic heterocycles. The van der Waals surface area contributed by atoms with Gasteiger partial charge in [-0.05, 0) is 24.3 Å². The van der Waals surface area contributed by atoms with Crippen molar-refractivity contribution < 1.29 is 9.90 Å². The largest absolute Gasteiger partial charge is 0.395 e. The molecule has 0 saturated carbocycles. The molecule has 0 aliphatic rings. The Morgan fingerprint density at radius 1 is 1.47 bits per heavy atom. The predicted molar refractivity (Wildman–Crippen MR) is 75.4 cm³/mol. The lowest BCUT2D eigenvalue weighted by Gasteiger charge is -2.12. The fourth-order valence-electron chi connectivity index (χ4n) is 1.56. The lowest BCUT2D eigenvalue weighted by Crippen LogP contribution is -2.31. The summed E-state index contributed by atoms with van der Waals surface area (Å²) in [6.45, 7) is 0.106. The maximum atomic E-state index is 11.6. The van der Waals surface area contributed by atoms with Gasteiger partial charge in [0.15, 0.2) is 0 Å². The van der Waals surface area contributed by atoms with Crippen LogP contribution in [0.25, 0.3) is 5.69 Å². The van der Waals surface area contributed by atoms with Crippen LogP contribution in [0.15, 0.2) is 41.1 Å². The van der Waals surface area contributed by atoms with E-state index in [0.717, 1.165) is 10.2 Å². The molecule has 3 N–H and O–H groups in total.